The maximum absolute atomic E-state index is 13.1. The number of amides is 1. The van der Waals surface area contributed by atoms with E-state index in [9.17, 15) is 4.79 Å². The maximum Gasteiger partial charge on any atom is 0.237 e. The number of para-hydroxylation sites is 1. The molecule has 0 aliphatic rings. The van der Waals surface area contributed by atoms with E-state index in [-0.39, 0.29) is 11.3 Å². The van der Waals surface area contributed by atoms with E-state index in [1.165, 1.54) is 17.3 Å². The van der Waals surface area contributed by atoms with Crippen molar-refractivity contribution >= 4 is 45.3 Å². The van der Waals surface area contributed by atoms with Gasteiger partial charge in [-0.1, -0.05) is 75.0 Å². The predicted molar refractivity (Wildman–Crippen MR) is 149 cm³/mol. The molecular weight excluding hydrogens is 484 g/mol. The molecule has 0 unspecified atom stereocenters. The van der Waals surface area contributed by atoms with Crippen molar-refractivity contribution in [1.82, 2.24) is 14.8 Å². The van der Waals surface area contributed by atoms with Crippen LogP contribution in [-0.2, 0) is 17.3 Å². The number of thioether (sulfide) groups is 1. The van der Waals surface area contributed by atoms with E-state index in [0.29, 0.717) is 22.2 Å². The zero-order valence-electron chi connectivity index (χ0n) is 21.8. The largest absolute Gasteiger partial charge is 0.495 e. The molecule has 0 bridgehead atoms. The predicted octanol–water partition coefficient (Wildman–Crippen LogP) is 6.81. The molecule has 8 heteroatoms. The van der Waals surface area contributed by atoms with Gasteiger partial charge >= 0.3 is 0 Å². The third kappa shape index (κ3) is 4.81. The number of methoxy groups -OCH3 is 1. The summed E-state index contributed by atoms with van der Waals surface area (Å²) in [5, 5.41) is 13.9. The molecule has 37 heavy (non-hydrogen) atoms. The molecule has 2 heterocycles. The Labute approximate surface area is 220 Å². The number of anilines is 1. The Hall–Kier alpha value is -3.78. The standard InChI is InChI=1S/C29H30N4O3S/c1-17(37-28-32-31-26(33(28)5)18-11-13-19(14-12-18)29(2,3)4)27(34)30-22-16-24-21(15-25(22)35-6)20-9-7-8-10-23(20)36-24/h7-17H,1-6H3,(H,30,34)/t17-/m0/s1. The summed E-state index contributed by atoms with van der Waals surface area (Å²) in [6.45, 7) is 8.42. The van der Waals surface area contributed by atoms with Gasteiger partial charge in [-0.25, -0.2) is 0 Å². The fourth-order valence-electron chi connectivity index (χ4n) is 4.25. The number of fused-ring (bicyclic) bond motifs is 3. The van der Waals surface area contributed by atoms with Crippen LogP contribution in [0.4, 0.5) is 5.69 Å². The van der Waals surface area contributed by atoms with Crippen molar-refractivity contribution in [3.63, 3.8) is 0 Å². The van der Waals surface area contributed by atoms with Crippen LogP contribution in [0.15, 0.2) is 70.2 Å². The lowest BCUT2D eigenvalue weighted by atomic mass is 9.87. The van der Waals surface area contributed by atoms with Crippen molar-refractivity contribution < 1.29 is 13.9 Å². The minimum Gasteiger partial charge on any atom is -0.495 e. The SMILES string of the molecule is COc1cc2c(cc1NC(=O)[C@H](C)Sc1nnc(-c3ccc(C(C)(C)C)cc3)n1C)oc1ccccc12. The van der Waals surface area contributed by atoms with Crippen LogP contribution >= 0.6 is 11.8 Å². The molecule has 0 spiro atoms. The summed E-state index contributed by atoms with van der Waals surface area (Å²) in [7, 11) is 3.50. The molecular formula is C29H30N4O3S. The van der Waals surface area contributed by atoms with Gasteiger partial charge in [-0.05, 0) is 30.0 Å². The van der Waals surface area contributed by atoms with Crippen LogP contribution in [-0.4, -0.2) is 33.0 Å². The van der Waals surface area contributed by atoms with E-state index < -0.39 is 5.25 Å². The molecule has 0 aliphatic heterocycles. The van der Waals surface area contributed by atoms with Gasteiger partial charge in [0.1, 0.15) is 16.9 Å². The summed E-state index contributed by atoms with van der Waals surface area (Å²) >= 11 is 1.35. The van der Waals surface area contributed by atoms with Crippen LogP contribution in [0.1, 0.15) is 33.3 Å². The monoisotopic (exact) mass is 514 g/mol. The third-order valence-corrected chi connectivity index (χ3v) is 7.59. The Kier molecular flexibility index (Phi) is 6.45. The fourth-order valence-corrected chi connectivity index (χ4v) is 5.07. The second kappa shape index (κ2) is 9.59. The smallest absolute Gasteiger partial charge is 0.237 e. The van der Waals surface area contributed by atoms with E-state index in [1.54, 1.807) is 7.11 Å². The van der Waals surface area contributed by atoms with Gasteiger partial charge in [-0.15, -0.1) is 10.2 Å². The number of nitrogens with one attached hydrogen (secondary N) is 1. The molecule has 0 saturated heterocycles. The van der Waals surface area contributed by atoms with Gasteiger partial charge < -0.3 is 19.0 Å². The lowest BCUT2D eigenvalue weighted by molar-refractivity contribution is -0.115. The summed E-state index contributed by atoms with van der Waals surface area (Å²) in [6, 6.07) is 19.9. The molecule has 190 valence electrons. The first-order valence-corrected chi connectivity index (χ1v) is 13.0. The van der Waals surface area contributed by atoms with Crippen molar-refractivity contribution in [1.29, 1.82) is 0 Å². The molecule has 3 aromatic carbocycles. The first kappa shape index (κ1) is 24.9. The zero-order chi connectivity index (χ0) is 26.3. The van der Waals surface area contributed by atoms with Crippen molar-refractivity contribution in [2.45, 2.75) is 43.5 Å². The highest BCUT2D eigenvalue weighted by atomic mass is 32.2. The molecule has 0 fully saturated rings. The minimum absolute atomic E-state index is 0.0832. The number of hydrogen-bond acceptors (Lipinski definition) is 6. The molecule has 7 nitrogen and oxygen atoms in total. The first-order valence-electron chi connectivity index (χ1n) is 12.1. The maximum atomic E-state index is 13.1. The number of nitrogens with zero attached hydrogens (tertiary/aromatic N) is 3. The normalized spacial score (nSPS) is 12.7. The van der Waals surface area contributed by atoms with Gasteiger partial charge in [-0.2, -0.15) is 0 Å². The molecule has 1 atom stereocenters. The highest BCUT2D eigenvalue weighted by molar-refractivity contribution is 8.00. The zero-order valence-corrected chi connectivity index (χ0v) is 22.6. The van der Waals surface area contributed by atoms with Crippen LogP contribution in [0.3, 0.4) is 0 Å². The molecule has 2 aromatic heterocycles. The van der Waals surface area contributed by atoms with Crippen molar-refractivity contribution in [2.24, 2.45) is 7.05 Å². The van der Waals surface area contributed by atoms with Crippen LogP contribution in [0.25, 0.3) is 33.3 Å². The lowest BCUT2D eigenvalue weighted by Crippen LogP contribution is -2.23. The molecule has 0 aliphatic carbocycles. The highest BCUT2D eigenvalue weighted by Crippen LogP contribution is 2.37. The molecule has 5 aromatic rings. The summed E-state index contributed by atoms with van der Waals surface area (Å²) in [4.78, 5) is 13.1. The van der Waals surface area contributed by atoms with Crippen molar-refractivity contribution in [3.8, 4) is 17.1 Å². The summed E-state index contributed by atoms with van der Waals surface area (Å²) in [5.74, 6) is 1.16. The van der Waals surface area contributed by atoms with E-state index in [2.05, 4.69) is 60.6 Å². The van der Waals surface area contributed by atoms with Gasteiger partial charge in [0.15, 0.2) is 11.0 Å². The minimum atomic E-state index is -0.421. The Balaban J connectivity index is 1.33. The topological polar surface area (TPSA) is 82.2 Å². The van der Waals surface area contributed by atoms with Crippen LogP contribution in [0.5, 0.6) is 5.75 Å². The van der Waals surface area contributed by atoms with Gasteiger partial charge in [-0.3, -0.25) is 4.79 Å². The van der Waals surface area contributed by atoms with E-state index in [1.807, 2.05) is 54.9 Å². The molecule has 1 N–H and O–H groups in total. The Bertz CT molecular complexity index is 1600. The van der Waals surface area contributed by atoms with Gasteiger partial charge in [0, 0.05) is 29.4 Å². The van der Waals surface area contributed by atoms with Crippen LogP contribution < -0.4 is 10.1 Å². The molecule has 1 amide bonds. The lowest BCUT2D eigenvalue weighted by Gasteiger charge is -2.19. The highest BCUT2D eigenvalue weighted by Gasteiger charge is 2.22. The quantitative estimate of drug-likeness (QED) is 0.251. The summed E-state index contributed by atoms with van der Waals surface area (Å²) in [6.07, 6.45) is 0. The van der Waals surface area contributed by atoms with Gasteiger partial charge in [0.2, 0.25) is 5.91 Å². The number of carbonyl (C=O) groups is 1. The van der Waals surface area contributed by atoms with Crippen molar-refractivity contribution in [2.75, 3.05) is 12.4 Å². The second-order valence-corrected chi connectivity index (χ2v) is 11.4. The van der Waals surface area contributed by atoms with Crippen LogP contribution in [0, 0.1) is 0 Å². The number of hydrogen-bond donors (Lipinski definition) is 1. The van der Waals surface area contributed by atoms with E-state index >= 15 is 0 Å². The average Bonchev–Trinajstić information content (AvgIpc) is 3.42. The number of furan rings is 1. The number of aromatic nitrogens is 3. The third-order valence-electron chi connectivity index (χ3n) is 6.45. The van der Waals surface area contributed by atoms with Gasteiger partial charge in [0.05, 0.1) is 18.0 Å². The first-order chi connectivity index (χ1) is 17.7. The number of ether oxygens (including phenoxy) is 1. The number of carbonyl (C=O) groups excluding carboxylic acids is 1. The number of rotatable bonds is 6. The fraction of sp³-hybridized carbons (Fsp3) is 0.276. The summed E-state index contributed by atoms with van der Waals surface area (Å²) in [5.41, 5.74) is 4.36. The van der Waals surface area contributed by atoms with E-state index in [4.69, 9.17) is 9.15 Å². The molecule has 0 radical (unpaired) electrons. The van der Waals surface area contributed by atoms with E-state index in [0.717, 1.165) is 27.7 Å². The van der Waals surface area contributed by atoms with Crippen molar-refractivity contribution in [3.05, 3.63) is 66.2 Å². The number of benzene rings is 3. The average molecular weight is 515 g/mol. The Morgan fingerprint density at radius 3 is 2.46 bits per heavy atom. The van der Waals surface area contributed by atoms with Crippen LogP contribution in [0.2, 0.25) is 0 Å². The molecule has 0 saturated carbocycles. The Morgan fingerprint density at radius 1 is 1.03 bits per heavy atom. The summed E-state index contributed by atoms with van der Waals surface area (Å²) < 4.78 is 13.5. The Morgan fingerprint density at radius 2 is 1.76 bits per heavy atom. The molecule has 5 rings (SSSR count). The van der Waals surface area contributed by atoms with Gasteiger partial charge in [0.25, 0.3) is 0 Å². The second-order valence-electron chi connectivity index (χ2n) is 10.1.